The number of nitrogens with zero attached hydrogens (tertiary/aromatic N) is 1. The zero-order chi connectivity index (χ0) is 9.30. The monoisotopic (exact) mass is 280 g/mol. The molecule has 1 aromatic heterocycles. The highest BCUT2D eigenvalue weighted by Crippen LogP contribution is 2.17. The maximum absolute atomic E-state index is 10.9. The summed E-state index contributed by atoms with van der Waals surface area (Å²) in [6.07, 6.45) is 1.11. The van der Waals surface area contributed by atoms with Crippen molar-refractivity contribution in [2.75, 3.05) is 0 Å². The van der Waals surface area contributed by atoms with Crippen LogP contribution in [0.25, 0.3) is 0 Å². The van der Waals surface area contributed by atoms with Crippen LogP contribution >= 0.6 is 22.6 Å². The number of H-pyrrole nitrogens is 1. The van der Waals surface area contributed by atoms with Gasteiger partial charge in [-0.2, -0.15) is 0 Å². The fourth-order valence-electron chi connectivity index (χ4n) is 0.778. The molecule has 64 valence electrons. The average Bonchev–Trinajstić information content (AvgIpc) is 2.00. The van der Waals surface area contributed by atoms with Crippen LogP contribution in [-0.4, -0.2) is 9.91 Å². The lowest BCUT2D eigenvalue weighted by molar-refractivity contribution is -0.385. The second kappa shape index (κ2) is 3.21. The largest absolute Gasteiger partial charge is 0.322 e. The third-order valence-corrected chi connectivity index (χ3v) is 2.75. The van der Waals surface area contributed by atoms with E-state index in [1.165, 1.54) is 0 Å². The van der Waals surface area contributed by atoms with Crippen LogP contribution in [0.4, 0.5) is 5.69 Å². The second-order valence-corrected chi connectivity index (χ2v) is 3.28. The van der Waals surface area contributed by atoms with Gasteiger partial charge in [0.15, 0.2) is 0 Å². The highest BCUT2D eigenvalue weighted by Gasteiger charge is 2.14. The first kappa shape index (κ1) is 9.17. The van der Waals surface area contributed by atoms with Gasteiger partial charge in [-0.15, -0.1) is 0 Å². The smallest absolute Gasteiger partial charge is 0.289 e. The highest BCUT2D eigenvalue weighted by molar-refractivity contribution is 14.1. The standard InChI is InChI=1S/C6H5IN2O3/c1-3-4(9(11)12)2-8-6(10)5(3)7/h2H,1H3,(H,8,10). The molecular weight excluding hydrogens is 275 g/mol. The van der Waals surface area contributed by atoms with Gasteiger partial charge in [-0.1, -0.05) is 0 Å². The number of rotatable bonds is 1. The van der Waals surface area contributed by atoms with Crippen LogP contribution in [0.1, 0.15) is 5.56 Å². The van der Waals surface area contributed by atoms with Gasteiger partial charge in [-0.25, -0.2) is 0 Å². The van der Waals surface area contributed by atoms with Crippen molar-refractivity contribution in [3.05, 3.63) is 35.8 Å². The Bertz CT molecular complexity index is 385. The minimum atomic E-state index is -0.520. The first-order valence-electron chi connectivity index (χ1n) is 3.06. The van der Waals surface area contributed by atoms with Crippen molar-refractivity contribution in [3.8, 4) is 0 Å². The molecule has 6 heteroatoms. The van der Waals surface area contributed by atoms with Gasteiger partial charge >= 0.3 is 0 Å². The lowest BCUT2D eigenvalue weighted by atomic mass is 10.2. The molecule has 0 radical (unpaired) electrons. The number of nitrogens with one attached hydrogen (secondary N) is 1. The summed E-state index contributed by atoms with van der Waals surface area (Å²) in [5.41, 5.74) is 0.0575. The molecule has 0 aromatic carbocycles. The van der Waals surface area contributed by atoms with E-state index < -0.39 is 4.92 Å². The molecule has 0 unspecified atom stereocenters. The molecule has 0 aliphatic rings. The minimum absolute atomic E-state index is 0.0565. The zero-order valence-electron chi connectivity index (χ0n) is 6.13. The van der Waals surface area contributed by atoms with Crippen molar-refractivity contribution in [3.63, 3.8) is 0 Å². The molecule has 1 heterocycles. The Morgan fingerprint density at radius 2 is 2.25 bits per heavy atom. The van der Waals surface area contributed by atoms with Gasteiger partial charge < -0.3 is 4.98 Å². The van der Waals surface area contributed by atoms with Crippen molar-refractivity contribution in [1.29, 1.82) is 0 Å². The van der Waals surface area contributed by atoms with Gasteiger partial charge in [0, 0.05) is 5.56 Å². The summed E-state index contributed by atoms with van der Waals surface area (Å²) >= 11 is 1.78. The highest BCUT2D eigenvalue weighted by atomic mass is 127. The molecule has 1 rings (SSSR count). The molecular formula is C6H5IN2O3. The molecule has 0 atom stereocenters. The van der Waals surface area contributed by atoms with Crippen molar-refractivity contribution in [2.24, 2.45) is 0 Å². The van der Waals surface area contributed by atoms with Gasteiger partial charge in [0.2, 0.25) is 0 Å². The van der Waals surface area contributed by atoms with Crippen LogP contribution in [-0.2, 0) is 0 Å². The van der Waals surface area contributed by atoms with Gasteiger partial charge in [0.1, 0.15) is 0 Å². The van der Waals surface area contributed by atoms with Crippen LogP contribution in [0.15, 0.2) is 11.0 Å². The molecule has 0 amide bonds. The molecule has 0 saturated heterocycles. The second-order valence-electron chi connectivity index (χ2n) is 2.20. The lowest BCUT2D eigenvalue weighted by Gasteiger charge is -1.96. The first-order valence-corrected chi connectivity index (χ1v) is 4.14. The zero-order valence-corrected chi connectivity index (χ0v) is 8.28. The third kappa shape index (κ3) is 1.47. The Hall–Kier alpha value is -0.920. The third-order valence-electron chi connectivity index (χ3n) is 1.45. The summed E-state index contributed by atoms with van der Waals surface area (Å²) in [6, 6.07) is 0. The summed E-state index contributed by atoms with van der Waals surface area (Å²) in [7, 11) is 0. The summed E-state index contributed by atoms with van der Waals surface area (Å²) in [6.45, 7) is 1.55. The number of nitro groups is 1. The number of hydrogen-bond donors (Lipinski definition) is 1. The average molecular weight is 280 g/mol. The van der Waals surface area contributed by atoms with Crippen LogP contribution in [0.3, 0.4) is 0 Å². The minimum Gasteiger partial charge on any atom is -0.322 e. The fraction of sp³-hybridized carbons (Fsp3) is 0.167. The first-order chi connectivity index (χ1) is 5.54. The van der Waals surface area contributed by atoms with E-state index in [0.29, 0.717) is 9.13 Å². The van der Waals surface area contributed by atoms with Gasteiger partial charge in [0.05, 0.1) is 14.7 Å². The van der Waals surface area contributed by atoms with Crippen LogP contribution in [0, 0.1) is 20.6 Å². The van der Waals surface area contributed by atoms with Crippen LogP contribution < -0.4 is 5.56 Å². The summed E-state index contributed by atoms with van der Waals surface area (Å²) in [5, 5.41) is 10.4. The number of pyridine rings is 1. The normalized spacial score (nSPS) is 9.83. The maximum Gasteiger partial charge on any atom is 0.289 e. The van der Waals surface area contributed by atoms with Crippen molar-refractivity contribution < 1.29 is 4.92 Å². The van der Waals surface area contributed by atoms with E-state index in [9.17, 15) is 14.9 Å². The number of aromatic nitrogens is 1. The SMILES string of the molecule is Cc1c([N+](=O)[O-])c[nH]c(=O)c1I. The molecule has 5 nitrogen and oxygen atoms in total. The van der Waals surface area contributed by atoms with E-state index in [2.05, 4.69) is 4.98 Å². The number of aromatic amines is 1. The van der Waals surface area contributed by atoms with Crippen LogP contribution in [0.5, 0.6) is 0 Å². The predicted molar refractivity (Wildman–Crippen MR) is 51.2 cm³/mol. The van der Waals surface area contributed by atoms with E-state index in [0.717, 1.165) is 6.20 Å². The van der Waals surface area contributed by atoms with Crippen LogP contribution in [0.2, 0.25) is 0 Å². The topological polar surface area (TPSA) is 76.0 Å². The predicted octanol–water partition coefficient (Wildman–Crippen LogP) is 1.20. The Morgan fingerprint density at radius 3 is 2.75 bits per heavy atom. The van der Waals surface area contributed by atoms with Crippen molar-refractivity contribution in [1.82, 2.24) is 4.98 Å². The van der Waals surface area contributed by atoms with E-state index in [4.69, 9.17) is 0 Å². The number of halogens is 1. The van der Waals surface area contributed by atoms with Crippen molar-refractivity contribution in [2.45, 2.75) is 6.92 Å². The van der Waals surface area contributed by atoms with E-state index in [1.54, 1.807) is 29.5 Å². The molecule has 1 aromatic rings. The quantitative estimate of drug-likeness (QED) is 0.477. The number of hydrogen-bond acceptors (Lipinski definition) is 3. The van der Waals surface area contributed by atoms with Crippen molar-refractivity contribution >= 4 is 28.3 Å². The summed E-state index contributed by atoms with van der Waals surface area (Å²) < 4.78 is 0.363. The van der Waals surface area contributed by atoms with Gasteiger partial charge in [-0.05, 0) is 29.5 Å². The molecule has 1 N–H and O–H groups in total. The Morgan fingerprint density at radius 1 is 1.67 bits per heavy atom. The van der Waals surface area contributed by atoms with Gasteiger partial charge in [-0.3, -0.25) is 14.9 Å². The fourth-order valence-corrected chi connectivity index (χ4v) is 1.21. The van der Waals surface area contributed by atoms with E-state index >= 15 is 0 Å². The Balaban J connectivity index is 3.47. The summed E-state index contributed by atoms with van der Waals surface area (Å²) in [5.74, 6) is 0. The molecule has 12 heavy (non-hydrogen) atoms. The summed E-state index contributed by atoms with van der Waals surface area (Å²) in [4.78, 5) is 23.1. The maximum atomic E-state index is 10.9. The van der Waals surface area contributed by atoms with E-state index in [-0.39, 0.29) is 11.2 Å². The molecule has 0 saturated carbocycles. The molecule has 0 fully saturated rings. The lowest BCUT2D eigenvalue weighted by Crippen LogP contribution is -2.12. The Kier molecular flexibility index (Phi) is 2.46. The molecule has 0 aliphatic heterocycles. The molecule has 0 spiro atoms. The Labute approximate surface area is 81.1 Å². The van der Waals surface area contributed by atoms with E-state index in [1.807, 2.05) is 0 Å². The molecule has 0 bridgehead atoms. The molecule has 0 aliphatic carbocycles. The van der Waals surface area contributed by atoms with Gasteiger partial charge in [0.25, 0.3) is 11.2 Å².